The molecule has 158 valence electrons. The number of unbranched alkanes of at least 4 members (excludes halogenated alkanes) is 1. The van der Waals surface area contributed by atoms with Gasteiger partial charge in [0.15, 0.2) is 0 Å². The zero-order valence-corrected chi connectivity index (χ0v) is 18.4. The van der Waals surface area contributed by atoms with E-state index in [2.05, 4.69) is 19.2 Å². The number of carbonyl (C=O) groups is 1. The minimum Gasteiger partial charge on any atom is -0.354 e. The van der Waals surface area contributed by atoms with Gasteiger partial charge < -0.3 is 5.32 Å². The summed E-state index contributed by atoms with van der Waals surface area (Å²) in [5.74, 6) is 0.124. The Labute approximate surface area is 175 Å². The lowest BCUT2D eigenvalue weighted by Crippen LogP contribution is -2.42. The van der Waals surface area contributed by atoms with Gasteiger partial charge in [-0.05, 0) is 43.0 Å². The number of amides is 1. The molecule has 0 heterocycles. The van der Waals surface area contributed by atoms with E-state index in [9.17, 15) is 13.2 Å². The fraction of sp³-hybridized carbons (Fsp3) is 0.435. The predicted molar refractivity (Wildman–Crippen MR) is 118 cm³/mol. The van der Waals surface area contributed by atoms with Crippen LogP contribution in [0, 0.1) is 12.8 Å². The molecule has 6 heteroatoms. The minimum absolute atomic E-state index is 0.172. The molecule has 0 saturated carbocycles. The molecular weight excluding hydrogens is 384 g/mol. The zero-order valence-electron chi connectivity index (χ0n) is 17.6. The summed E-state index contributed by atoms with van der Waals surface area (Å²) in [6, 6.07) is 15.5. The van der Waals surface area contributed by atoms with Crippen LogP contribution in [0.4, 0.5) is 5.69 Å². The Morgan fingerprint density at radius 3 is 2.31 bits per heavy atom. The molecule has 29 heavy (non-hydrogen) atoms. The first-order valence-electron chi connectivity index (χ1n) is 10.3. The number of benzene rings is 2. The van der Waals surface area contributed by atoms with Crippen LogP contribution in [0.15, 0.2) is 59.5 Å². The molecule has 1 N–H and O–H groups in total. The molecule has 0 radical (unpaired) electrons. The molecule has 0 aliphatic rings. The highest BCUT2D eigenvalue weighted by Gasteiger charge is 2.28. The number of nitrogens with zero attached hydrogens (tertiary/aromatic N) is 1. The van der Waals surface area contributed by atoms with Crippen LogP contribution in [0.1, 0.15) is 45.1 Å². The molecule has 0 bridgehead atoms. The van der Waals surface area contributed by atoms with Crippen molar-refractivity contribution in [3.05, 3.63) is 60.2 Å². The Bertz CT molecular complexity index is 882. The lowest BCUT2D eigenvalue weighted by molar-refractivity contribution is -0.119. The number of rotatable bonds is 11. The van der Waals surface area contributed by atoms with Crippen molar-refractivity contribution in [2.45, 2.75) is 51.3 Å². The fourth-order valence-corrected chi connectivity index (χ4v) is 4.76. The smallest absolute Gasteiger partial charge is 0.264 e. The number of hydrogen-bond acceptors (Lipinski definition) is 3. The van der Waals surface area contributed by atoms with Crippen LogP contribution in [0.25, 0.3) is 0 Å². The summed E-state index contributed by atoms with van der Waals surface area (Å²) in [6.07, 6.45) is 4.31. The summed E-state index contributed by atoms with van der Waals surface area (Å²) >= 11 is 0. The van der Waals surface area contributed by atoms with Crippen LogP contribution >= 0.6 is 0 Å². The van der Waals surface area contributed by atoms with Crippen molar-refractivity contribution in [1.82, 2.24) is 5.32 Å². The van der Waals surface area contributed by atoms with Gasteiger partial charge >= 0.3 is 0 Å². The summed E-state index contributed by atoms with van der Waals surface area (Å²) in [4.78, 5) is 12.9. The maximum absolute atomic E-state index is 13.3. The summed E-state index contributed by atoms with van der Waals surface area (Å²) in [6.45, 7) is 6.44. The van der Waals surface area contributed by atoms with E-state index < -0.39 is 10.0 Å². The van der Waals surface area contributed by atoms with E-state index in [1.165, 1.54) is 4.31 Å². The average Bonchev–Trinajstić information content (AvgIpc) is 2.73. The first kappa shape index (κ1) is 22.9. The van der Waals surface area contributed by atoms with Gasteiger partial charge in [-0.25, -0.2) is 8.42 Å². The van der Waals surface area contributed by atoms with Crippen molar-refractivity contribution in [2.75, 3.05) is 17.4 Å². The Balaban J connectivity index is 2.23. The zero-order chi connectivity index (χ0) is 21.3. The van der Waals surface area contributed by atoms with E-state index in [1.807, 2.05) is 19.1 Å². The topological polar surface area (TPSA) is 66.5 Å². The standard InChI is InChI=1S/C23H32N2O3S/c1-4-6-13-20(5-2)17-24-23(26)18-25(22-16-11-10-12-19(22)3)29(27,28)21-14-8-7-9-15-21/h7-12,14-16,20H,4-6,13,17-18H2,1-3H3,(H,24,26). The molecule has 0 aliphatic carbocycles. The van der Waals surface area contributed by atoms with Gasteiger partial charge in [-0.1, -0.05) is 69.5 Å². The third kappa shape index (κ3) is 6.32. The highest BCUT2D eigenvalue weighted by Crippen LogP contribution is 2.26. The molecule has 0 aliphatic heterocycles. The largest absolute Gasteiger partial charge is 0.354 e. The third-order valence-electron chi connectivity index (χ3n) is 5.13. The molecule has 2 rings (SSSR count). The van der Waals surface area contributed by atoms with Crippen LogP contribution in [0.2, 0.25) is 0 Å². The lowest BCUT2D eigenvalue weighted by Gasteiger charge is -2.26. The number of carbonyl (C=O) groups excluding carboxylic acids is 1. The van der Waals surface area contributed by atoms with Gasteiger partial charge in [0, 0.05) is 6.54 Å². The van der Waals surface area contributed by atoms with Gasteiger partial charge in [-0.15, -0.1) is 0 Å². The first-order valence-corrected chi connectivity index (χ1v) is 11.7. The average molecular weight is 417 g/mol. The second-order valence-corrected chi connectivity index (χ2v) is 9.19. The SMILES string of the molecule is CCCCC(CC)CNC(=O)CN(c1ccccc1C)S(=O)(=O)c1ccccc1. The van der Waals surface area contributed by atoms with Gasteiger partial charge in [0.25, 0.3) is 10.0 Å². The van der Waals surface area contributed by atoms with E-state index >= 15 is 0 Å². The van der Waals surface area contributed by atoms with E-state index in [0.717, 1.165) is 31.2 Å². The molecule has 1 unspecified atom stereocenters. The molecule has 2 aromatic rings. The Morgan fingerprint density at radius 1 is 1.03 bits per heavy atom. The molecule has 2 aromatic carbocycles. The Kier molecular flexibility index (Phi) is 8.70. The quantitative estimate of drug-likeness (QED) is 0.585. The summed E-state index contributed by atoms with van der Waals surface area (Å²) < 4.78 is 27.8. The van der Waals surface area contributed by atoms with Crippen molar-refractivity contribution in [3.63, 3.8) is 0 Å². The predicted octanol–water partition coefficient (Wildman–Crippen LogP) is 4.52. The van der Waals surface area contributed by atoms with Gasteiger partial charge in [-0.3, -0.25) is 9.10 Å². The number of anilines is 1. The van der Waals surface area contributed by atoms with Crippen LogP contribution in [0.5, 0.6) is 0 Å². The molecule has 5 nitrogen and oxygen atoms in total. The number of hydrogen-bond donors (Lipinski definition) is 1. The molecule has 0 fully saturated rings. The summed E-state index contributed by atoms with van der Waals surface area (Å²) in [5.41, 5.74) is 1.32. The molecule has 0 aromatic heterocycles. The number of para-hydroxylation sites is 1. The van der Waals surface area contributed by atoms with Crippen molar-refractivity contribution < 1.29 is 13.2 Å². The molecule has 0 spiro atoms. The Hall–Kier alpha value is -2.34. The van der Waals surface area contributed by atoms with Gasteiger partial charge in [-0.2, -0.15) is 0 Å². The Morgan fingerprint density at radius 2 is 1.69 bits per heavy atom. The fourth-order valence-electron chi connectivity index (χ4n) is 3.25. The summed E-state index contributed by atoms with van der Waals surface area (Å²) in [5, 5.41) is 2.94. The van der Waals surface area contributed by atoms with Crippen molar-refractivity contribution in [1.29, 1.82) is 0 Å². The van der Waals surface area contributed by atoms with Crippen LogP contribution in [-0.4, -0.2) is 27.4 Å². The summed E-state index contributed by atoms with van der Waals surface area (Å²) in [7, 11) is -3.86. The number of sulfonamides is 1. The van der Waals surface area contributed by atoms with Crippen LogP contribution in [0.3, 0.4) is 0 Å². The lowest BCUT2D eigenvalue weighted by atomic mass is 9.99. The molecule has 0 saturated heterocycles. The second kappa shape index (κ2) is 11.0. The van der Waals surface area contributed by atoms with Gasteiger partial charge in [0.1, 0.15) is 6.54 Å². The molecular formula is C23H32N2O3S. The highest BCUT2D eigenvalue weighted by molar-refractivity contribution is 7.92. The number of aryl methyl sites for hydroxylation is 1. The van der Waals surface area contributed by atoms with Crippen molar-refractivity contribution in [3.8, 4) is 0 Å². The molecule has 1 amide bonds. The normalized spacial score (nSPS) is 12.4. The maximum Gasteiger partial charge on any atom is 0.264 e. The second-order valence-electron chi connectivity index (χ2n) is 7.33. The highest BCUT2D eigenvalue weighted by atomic mass is 32.2. The van der Waals surface area contributed by atoms with Gasteiger partial charge in [0.05, 0.1) is 10.6 Å². The monoisotopic (exact) mass is 416 g/mol. The van der Waals surface area contributed by atoms with E-state index in [0.29, 0.717) is 18.2 Å². The van der Waals surface area contributed by atoms with Crippen LogP contribution < -0.4 is 9.62 Å². The number of nitrogens with one attached hydrogen (secondary N) is 1. The van der Waals surface area contributed by atoms with Crippen molar-refractivity contribution in [2.24, 2.45) is 5.92 Å². The van der Waals surface area contributed by atoms with Gasteiger partial charge in [0.2, 0.25) is 5.91 Å². The van der Waals surface area contributed by atoms with Crippen molar-refractivity contribution >= 4 is 21.6 Å². The molecule has 1 atom stereocenters. The minimum atomic E-state index is -3.86. The van der Waals surface area contributed by atoms with E-state index in [4.69, 9.17) is 0 Å². The van der Waals surface area contributed by atoms with E-state index in [1.54, 1.807) is 42.5 Å². The van der Waals surface area contributed by atoms with Crippen LogP contribution in [-0.2, 0) is 14.8 Å². The third-order valence-corrected chi connectivity index (χ3v) is 6.91. The first-order chi connectivity index (χ1) is 13.9. The maximum atomic E-state index is 13.3. The van der Waals surface area contributed by atoms with E-state index in [-0.39, 0.29) is 17.3 Å².